The van der Waals surface area contributed by atoms with Crippen LogP contribution in [0.2, 0.25) is 0 Å². The largest absolute Gasteiger partial charge is 0.454 e. The van der Waals surface area contributed by atoms with Crippen molar-refractivity contribution in [3.05, 3.63) is 83.4 Å². The van der Waals surface area contributed by atoms with Gasteiger partial charge in [-0.3, -0.25) is 4.79 Å². The average Bonchev–Trinajstić information content (AvgIpc) is 3.46. The molecule has 32 heavy (non-hydrogen) atoms. The molecule has 6 heteroatoms. The van der Waals surface area contributed by atoms with Crippen LogP contribution >= 0.6 is 0 Å². The molecule has 0 unspecified atom stereocenters. The Balaban J connectivity index is 1.41. The lowest BCUT2D eigenvalue weighted by Crippen LogP contribution is -2.41. The van der Waals surface area contributed by atoms with E-state index >= 15 is 0 Å². The fourth-order valence-electron chi connectivity index (χ4n) is 4.71. The zero-order valence-electron chi connectivity index (χ0n) is 18.0. The van der Waals surface area contributed by atoms with E-state index in [4.69, 9.17) is 9.47 Å². The van der Waals surface area contributed by atoms with Gasteiger partial charge in [0.15, 0.2) is 11.5 Å². The molecule has 0 atom stereocenters. The summed E-state index contributed by atoms with van der Waals surface area (Å²) < 4.78 is 26.6. The molecule has 2 heterocycles. The third-order valence-corrected chi connectivity index (χ3v) is 6.39. The minimum Gasteiger partial charge on any atom is -0.454 e. The number of carbonyl (C=O) groups excluding carboxylic acids is 1. The lowest BCUT2D eigenvalue weighted by Gasteiger charge is -2.35. The van der Waals surface area contributed by atoms with E-state index in [1.165, 1.54) is 12.5 Å². The van der Waals surface area contributed by atoms with Crippen LogP contribution in [0.5, 0.6) is 11.5 Å². The van der Waals surface area contributed by atoms with Crippen molar-refractivity contribution in [2.24, 2.45) is 0 Å². The minimum absolute atomic E-state index is 0.00806. The lowest BCUT2D eigenvalue weighted by atomic mass is 9.93. The van der Waals surface area contributed by atoms with Crippen LogP contribution in [0, 0.1) is 5.82 Å². The van der Waals surface area contributed by atoms with Gasteiger partial charge in [-0.1, -0.05) is 31.4 Å². The van der Waals surface area contributed by atoms with Crippen molar-refractivity contribution in [1.29, 1.82) is 0 Å². The molecule has 3 aromatic rings. The fourth-order valence-corrected chi connectivity index (χ4v) is 4.71. The molecule has 1 fully saturated rings. The number of fused-ring (bicyclic) bond motifs is 1. The maximum absolute atomic E-state index is 13.7. The van der Waals surface area contributed by atoms with E-state index in [9.17, 15) is 9.18 Å². The van der Waals surface area contributed by atoms with Gasteiger partial charge in [-0.05, 0) is 60.9 Å². The van der Waals surface area contributed by atoms with Crippen LogP contribution in [0.25, 0.3) is 0 Å². The van der Waals surface area contributed by atoms with Crippen molar-refractivity contribution in [3.8, 4) is 11.5 Å². The molecule has 1 aliphatic heterocycles. The second-order valence-corrected chi connectivity index (χ2v) is 8.55. The number of rotatable bonds is 6. The standard InChI is InChI=1S/C26H27FN2O3/c27-21-7-4-6-19(14-21)16-28-13-5-10-23(28)17-29(22-8-2-1-3-9-22)26(30)20-11-12-24-25(15-20)32-18-31-24/h4-7,10-15,22H,1-3,8-9,16-18H2. The molecule has 5 rings (SSSR count). The molecule has 2 aromatic carbocycles. The van der Waals surface area contributed by atoms with Gasteiger partial charge in [0.05, 0.1) is 6.54 Å². The summed E-state index contributed by atoms with van der Waals surface area (Å²) >= 11 is 0. The molecule has 1 aromatic heterocycles. The SMILES string of the molecule is O=C(c1ccc2c(c1)OCO2)N(Cc1cccn1Cc1cccc(F)c1)C1CCCCC1. The van der Waals surface area contributed by atoms with Gasteiger partial charge in [0.2, 0.25) is 6.79 Å². The van der Waals surface area contributed by atoms with Crippen molar-refractivity contribution in [2.45, 2.75) is 51.2 Å². The molecule has 1 amide bonds. The smallest absolute Gasteiger partial charge is 0.254 e. The number of ether oxygens (including phenoxy) is 2. The summed E-state index contributed by atoms with van der Waals surface area (Å²) in [6, 6.07) is 16.3. The van der Waals surface area contributed by atoms with E-state index < -0.39 is 0 Å². The molecule has 0 saturated heterocycles. The Hall–Kier alpha value is -3.28. The first-order valence-corrected chi connectivity index (χ1v) is 11.3. The second kappa shape index (κ2) is 9.07. The van der Waals surface area contributed by atoms with Crippen molar-refractivity contribution in [1.82, 2.24) is 9.47 Å². The van der Waals surface area contributed by atoms with E-state index in [-0.39, 0.29) is 24.6 Å². The summed E-state index contributed by atoms with van der Waals surface area (Å²) in [6.45, 7) is 1.27. The Morgan fingerprint density at radius 1 is 1.00 bits per heavy atom. The Morgan fingerprint density at radius 3 is 2.69 bits per heavy atom. The molecule has 5 nitrogen and oxygen atoms in total. The van der Waals surface area contributed by atoms with Gasteiger partial charge in [0.25, 0.3) is 5.91 Å². The number of carbonyl (C=O) groups is 1. The Labute approximate surface area is 187 Å². The van der Waals surface area contributed by atoms with Gasteiger partial charge in [0.1, 0.15) is 5.82 Å². The van der Waals surface area contributed by atoms with Gasteiger partial charge < -0.3 is 18.9 Å². The summed E-state index contributed by atoms with van der Waals surface area (Å²) in [5.41, 5.74) is 2.55. The topological polar surface area (TPSA) is 43.7 Å². The van der Waals surface area contributed by atoms with E-state index in [1.807, 2.05) is 35.4 Å². The van der Waals surface area contributed by atoms with Gasteiger partial charge in [-0.25, -0.2) is 4.39 Å². The number of halogens is 1. The molecule has 1 aliphatic carbocycles. The molecule has 1 saturated carbocycles. The number of hydrogen-bond acceptors (Lipinski definition) is 3. The minimum atomic E-state index is -0.238. The molecule has 0 radical (unpaired) electrons. The van der Waals surface area contributed by atoms with E-state index in [2.05, 4.69) is 4.57 Å². The number of benzene rings is 2. The number of nitrogens with zero attached hydrogens (tertiary/aromatic N) is 2. The molecular formula is C26H27FN2O3. The van der Waals surface area contributed by atoms with Crippen LogP contribution in [0.4, 0.5) is 4.39 Å². The summed E-state index contributed by atoms with van der Waals surface area (Å²) in [5, 5.41) is 0. The average molecular weight is 435 g/mol. The molecular weight excluding hydrogens is 407 g/mol. The molecule has 0 N–H and O–H groups in total. The highest BCUT2D eigenvalue weighted by Gasteiger charge is 2.28. The normalized spacial score (nSPS) is 15.7. The highest BCUT2D eigenvalue weighted by Crippen LogP contribution is 2.34. The van der Waals surface area contributed by atoms with Gasteiger partial charge in [-0.15, -0.1) is 0 Å². The number of hydrogen-bond donors (Lipinski definition) is 0. The summed E-state index contributed by atoms with van der Waals surface area (Å²) in [7, 11) is 0. The zero-order valence-corrected chi connectivity index (χ0v) is 18.0. The van der Waals surface area contributed by atoms with Crippen molar-refractivity contribution in [2.75, 3.05) is 6.79 Å². The van der Waals surface area contributed by atoms with Crippen LogP contribution in [-0.2, 0) is 13.1 Å². The van der Waals surface area contributed by atoms with Crippen LogP contribution in [0.3, 0.4) is 0 Å². The predicted molar refractivity (Wildman–Crippen MR) is 119 cm³/mol. The molecule has 0 spiro atoms. The summed E-state index contributed by atoms with van der Waals surface area (Å²) in [4.78, 5) is 15.7. The van der Waals surface area contributed by atoms with Crippen LogP contribution < -0.4 is 9.47 Å². The molecule has 2 aliphatic rings. The highest BCUT2D eigenvalue weighted by atomic mass is 19.1. The van der Waals surface area contributed by atoms with Gasteiger partial charge >= 0.3 is 0 Å². The maximum atomic E-state index is 13.7. The van der Waals surface area contributed by atoms with Gasteiger partial charge in [0, 0.05) is 30.0 Å². The first-order chi connectivity index (χ1) is 15.7. The number of aromatic nitrogens is 1. The Kier molecular flexibility index (Phi) is 5.84. The first-order valence-electron chi connectivity index (χ1n) is 11.3. The van der Waals surface area contributed by atoms with Crippen molar-refractivity contribution >= 4 is 5.91 Å². The second-order valence-electron chi connectivity index (χ2n) is 8.55. The number of amides is 1. The quantitative estimate of drug-likeness (QED) is 0.523. The maximum Gasteiger partial charge on any atom is 0.254 e. The summed E-state index contributed by atoms with van der Waals surface area (Å²) in [5.74, 6) is 1.07. The predicted octanol–water partition coefficient (Wildman–Crippen LogP) is 5.38. The lowest BCUT2D eigenvalue weighted by molar-refractivity contribution is 0.0608. The van der Waals surface area contributed by atoms with Crippen LogP contribution in [0.1, 0.15) is 53.7 Å². The van der Waals surface area contributed by atoms with Crippen molar-refractivity contribution in [3.63, 3.8) is 0 Å². The Bertz CT molecular complexity index is 1100. The van der Waals surface area contributed by atoms with Crippen LogP contribution in [0.15, 0.2) is 60.8 Å². The van der Waals surface area contributed by atoms with E-state index in [0.29, 0.717) is 30.2 Å². The monoisotopic (exact) mass is 434 g/mol. The molecule has 166 valence electrons. The van der Waals surface area contributed by atoms with Crippen molar-refractivity contribution < 1.29 is 18.7 Å². The fraction of sp³-hybridized carbons (Fsp3) is 0.346. The van der Waals surface area contributed by atoms with E-state index in [0.717, 1.165) is 36.9 Å². The molecule has 0 bridgehead atoms. The first kappa shape index (κ1) is 20.6. The van der Waals surface area contributed by atoms with Gasteiger partial charge in [-0.2, -0.15) is 0 Å². The third-order valence-electron chi connectivity index (χ3n) is 6.39. The Morgan fingerprint density at radius 2 is 1.84 bits per heavy atom. The highest BCUT2D eigenvalue weighted by molar-refractivity contribution is 5.95. The third kappa shape index (κ3) is 4.35. The summed E-state index contributed by atoms with van der Waals surface area (Å²) in [6.07, 6.45) is 7.52. The van der Waals surface area contributed by atoms with Crippen LogP contribution in [-0.4, -0.2) is 28.2 Å². The van der Waals surface area contributed by atoms with E-state index in [1.54, 1.807) is 24.3 Å². The zero-order chi connectivity index (χ0) is 21.9.